The van der Waals surface area contributed by atoms with Gasteiger partial charge in [-0.25, -0.2) is 5.14 Å². The first-order valence-electron chi connectivity index (χ1n) is 3.09. The van der Waals surface area contributed by atoms with Crippen LogP contribution in [0.2, 0.25) is 0 Å². The molecular weight excluding hydrogens is 168 g/mol. The Morgan fingerprint density at radius 2 is 2.00 bits per heavy atom. The predicted octanol–water partition coefficient (Wildman–Crippen LogP) is -0.795. The quantitative estimate of drug-likeness (QED) is 0.597. The lowest BCUT2D eigenvalue weighted by molar-refractivity contribution is 0.0276. The van der Waals surface area contributed by atoms with Crippen molar-refractivity contribution in [3.05, 3.63) is 0 Å². The molecular formula is C5H14N2O3S. The van der Waals surface area contributed by atoms with E-state index in [-0.39, 0.29) is 6.54 Å². The zero-order valence-corrected chi connectivity index (χ0v) is 7.73. The third kappa shape index (κ3) is 6.24. The van der Waals surface area contributed by atoms with E-state index in [1.165, 1.54) is 7.11 Å². The van der Waals surface area contributed by atoms with Crippen LogP contribution < -0.4 is 9.86 Å². The maximum absolute atomic E-state index is 10.4. The largest absolute Gasteiger partial charge is 0.377 e. The summed E-state index contributed by atoms with van der Waals surface area (Å²) in [5.74, 6) is 0. The van der Waals surface area contributed by atoms with Crippen molar-refractivity contribution in [1.29, 1.82) is 0 Å². The molecule has 0 fully saturated rings. The van der Waals surface area contributed by atoms with Gasteiger partial charge in [-0.15, -0.1) is 0 Å². The van der Waals surface area contributed by atoms with Crippen LogP contribution in [-0.2, 0) is 14.9 Å². The monoisotopic (exact) mass is 182 g/mol. The van der Waals surface area contributed by atoms with E-state index in [0.29, 0.717) is 0 Å². The molecule has 0 radical (unpaired) electrons. The summed E-state index contributed by atoms with van der Waals surface area (Å²) in [5.41, 5.74) is -0.521. The van der Waals surface area contributed by atoms with E-state index in [9.17, 15) is 8.42 Å². The Bertz CT molecular complexity index is 210. The Morgan fingerprint density at radius 3 is 2.27 bits per heavy atom. The van der Waals surface area contributed by atoms with Gasteiger partial charge in [-0.3, -0.25) is 0 Å². The highest BCUT2D eigenvalue weighted by atomic mass is 32.2. The summed E-state index contributed by atoms with van der Waals surface area (Å²) in [6.45, 7) is 3.68. The summed E-state index contributed by atoms with van der Waals surface area (Å²) in [6, 6.07) is 0. The van der Waals surface area contributed by atoms with Crippen molar-refractivity contribution >= 4 is 10.2 Å². The number of hydrogen-bond acceptors (Lipinski definition) is 3. The first-order valence-corrected chi connectivity index (χ1v) is 4.64. The highest BCUT2D eigenvalue weighted by Crippen LogP contribution is 2.04. The smallest absolute Gasteiger partial charge is 0.274 e. The second kappa shape index (κ2) is 3.48. The van der Waals surface area contributed by atoms with Gasteiger partial charge in [-0.05, 0) is 13.8 Å². The lowest BCUT2D eigenvalue weighted by Gasteiger charge is -2.22. The van der Waals surface area contributed by atoms with Crippen LogP contribution in [0.3, 0.4) is 0 Å². The Hall–Kier alpha value is -0.170. The normalized spacial score (nSPS) is 13.5. The van der Waals surface area contributed by atoms with E-state index in [4.69, 9.17) is 9.88 Å². The summed E-state index contributed by atoms with van der Waals surface area (Å²) in [6.07, 6.45) is 0. The molecule has 0 aromatic carbocycles. The van der Waals surface area contributed by atoms with Gasteiger partial charge in [-0.1, -0.05) is 0 Å². The van der Waals surface area contributed by atoms with Gasteiger partial charge in [0.15, 0.2) is 0 Å². The fraction of sp³-hybridized carbons (Fsp3) is 1.00. The molecule has 3 N–H and O–H groups in total. The molecule has 0 amide bonds. The van der Waals surface area contributed by atoms with E-state index >= 15 is 0 Å². The molecule has 6 heteroatoms. The van der Waals surface area contributed by atoms with Gasteiger partial charge >= 0.3 is 0 Å². The summed E-state index contributed by atoms with van der Waals surface area (Å²) in [4.78, 5) is 0. The molecule has 68 valence electrons. The van der Waals surface area contributed by atoms with Gasteiger partial charge in [0.05, 0.1) is 5.60 Å². The van der Waals surface area contributed by atoms with Crippen LogP contribution in [0.1, 0.15) is 13.8 Å². The van der Waals surface area contributed by atoms with E-state index in [2.05, 4.69) is 4.72 Å². The van der Waals surface area contributed by atoms with Crippen molar-refractivity contribution in [1.82, 2.24) is 4.72 Å². The van der Waals surface area contributed by atoms with Crippen molar-refractivity contribution in [3.63, 3.8) is 0 Å². The standard InChI is InChI=1S/C5H14N2O3S/c1-5(2,10-3)4-7-11(6,8)9/h7H,4H2,1-3H3,(H2,6,8,9). The molecule has 0 saturated carbocycles. The third-order valence-electron chi connectivity index (χ3n) is 1.25. The van der Waals surface area contributed by atoms with Crippen LogP contribution in [-0.4, -0.2) is 27.7 Å². The summed E-state index contributed by atoms with van der Waals surface area (Å²) in [7, 11) is -2.09. The highest BCUT2D eigenvalue weighted by molar-refractivity contribution is 7.87. The van der Waals surface area contributed by atoms with Crippen molar-refractivity contribution in [2.24, 2.45) is 5.14 Å². The van der Waals surface area contributed by atoms with Crippen molar-refractivity contribution in [2.75, 3.05) is 13.7 Å². The van der Waals surface area contributed by atoms with Crippen molar-refractivity contribution < 1.29 is 13.2 Å². The molecule has 0 bridgehead atoms. The molecule has 0 aliphatic heterocycles. The van der Waals surface area contributed by atoms with Crippen molar-refractivity contribution in [2.45, 2.75) is 19.4 Å². The van der Waals surface area contributed by atoms with Crippen molar-refractivity contribution in [3.8, 4) is 0 Å². The lowest BCUT2D eigenvalue weighted by Crippen LogP contribution is -2.42. The average Bonchev–Trinajstić information content (AvgIpc) is 1.83. The SMILES string of the molecule is COC(C)(C)CNS(N)(=O)=O. The first-order chi connectivity index (χ1) is 4.77. The topological polar surface area (TPSA) is 81.4 Å². The summed E-state index contributed by atoms with van der Waals surface area (Å²) < 4.78 is 27.9. The molecule has 0 saturated heterocycles. The van der Waals surface area contributed by atoms with Gasteiger partial charge in [0.2, 0.25) is 0 Å². The number of nitrogens with one attached hydrogen (secondary N) is 1. The Kier molecular flexibility index (Phi) is 3.43. The molecule has 0 aliphatic carbocycles. The van der Waals surface area contributed by atoms with Crippen LogP contribution in [0.25, 0.3) is 0 Å². The molecule has 5 nitrogen and oxygen atoms in total. The van der Waals surface area contributed by atoms with Gasteiger partial charge in [0.1, 0.15) is 0 Å². The van der Waals surface area contributed by atoms with Gasteiger partial charge < -0.3 is 4.74 Å². The second-order valence-corrected chi connectivity index (χ2v) is 4.21. The van der Waals surface area contributed by atoms with Crippen LogP contribution in [0.5, 0.6) is 0 Å². The minimum atomic E-state index is -3.60. The molecule has 0 rings (SSSR count). The van der Waals surface area contributed by atoms with Gasteiger partial charge in [0, 0.05) is 13.7 Å². The van der Waals surface area contributed by atoms with Crippen LogP contribution in [0, 0.1) is 0 Å². The zero-order chi connectivity index (χ0) is 9.12. The molecule has 0 unspecified atom stereocenters. The van der Waals surface area contributed by atoms with Crippen LogP contribution >= 0.6 is 0 Å². The predicted molar refractivity (Wildman–Crippen MR) is 42.2 cm³/mol. The molecule has 0 aromatic rings. The second-order valence-electron chi connectivity index (χ2n) is 2.83. The Morgan fingerprint density at radius 1 is 1.55 bits per heavy atom. The zero-order valence-electron chi connectivity index (χ0n) is 6.92. The number of methoxy groups -OCH3 is 1. The first kappa shape index (κ1) is 10.8. The van der Waals surface area contributed by atoms with Gasteiger partial charge in [-0.2, -0.15) is 13.1 Å². The van der Waals surface area contributed by atoms with Crippen LogP contribution in [0.4, 0.5) is 0 Å². The molecule has 0 spiro atoms. The molecule has 0 atom stereocenters. The Labute approximate surface area is 67.1 Å². The van der Waals surface area contributed by atoms with E-state index in [1.807, 2.05) is 0 Å². The number of rotatable bonds is 4. The summed E-state index contributed by atoms with van der Waals surface area (Å²) in [5, 5.41) is 4.70. The van der Waals surface area contributed by atoms with E-state index < -0.39 is 15.8 Å². The minimum Gasteiger partial charge on any atom is -0.377 e. The Balaban J connectivity index is 3.90. The van der Waals surface area contributed by atoms with E-state index in [1.54, 1.807) is 13.8 Å². The molecule has 0 heterocycles. The maximum Gasteiger partial charge on any atom is 0.274 e. The minimum absolute atomic E-state index is 0.169. The fourth-order valence-electron chi connectivity index (χ4n) is 0.347. The maximum atomic E-state index is 10.4. The fourth-order valence-corrected chi connectivity index (χ4v) is 0.895. The number of ether oxygens (including phenoxy) is 1. The molecule has 0 aromatic heterocycles. The van der Waals surface area contributed by atoms with E-state index in [0.717, 1.165) is 0 Å². The van der Waals surface area contributed by atoms with Gasteiger partial charge in [0.25, 0.3) is 10.2 Å². The average molecular weight is 182 g/mol. The summed E-state index contributed by atoms with van der Waals surface area (Å²) >= 11 is 0. The molecule has 11 heavy (non-hydrogen) atoms. The lowest BCUT2D eigenvalue weighted by atomic mass is 10.1. The molecule has 0 aliphatic rings. The van der Waals surface area contributed by atoms with Crippen LogP contribution in [0.15, 0.2) is 0 Å². The number of nitrogens with two attached hydrogens (primary N) is 1. The highest BCUT2D eigenvalue weighted by Gasteiger charge is 2.17. The number of hydrogen-bond donors (Lipinski definition) is 2. The third-order valence-corrected chi connectivity index (χ3v) is 1.80.